The van der Waals surface area contributed by atoms with Crippen LogP contribution in [0.4, 0.5) is 10.5 Å². The molecule has 0 spiro atoms. The van der Waals surface area contributed by atoms with Crippen molar-refractivity contribution in [2.24, 2.45) is 0 Å². The lowest BCUT2D eigenvalue weighted by molar-refractivity contribution is 0.270. The van der Waals surface area contributed by atoms with E-state index in [9.17, 15) is 4.79 Å². The average Bonchev–Trinajstić information content (AvgIpc) is 2.16. The van der Waals surface area contributed by atoms with Gasteiger partial charge in [0.05, 0.1) is 19.9 Å². The summed E-state index contributed by atoms with van der Waals surface area (Å²) in [5.74, 6) is 1.20. The van der Waals surface area contributed by atoms with Crippen LogP contribution in [0.2, 0.25) is 0 Å². The SMILES string of the molecule is COc1ccc(OC)c(NC(=O)S)c1. The van der Waals surface area contributed by atoms with Crippen molar-refractivity contribution in [2.45, 2.75) is 0 Å². The molecule has 1 aromatic carbocycles. The van der Waals surface area contributed by atoms with E-state index in [1.807, 2.05) is 0 Å². The fourth-order valence-electron chi connectivity index (χ4n) is 1.03. The van der Waals surface area contributed by atoms with E-state index < -0.39 is 5.24 Å². The summed E-state index contributed by atoms with van der Waals surface area (Å²) in [7, 11) is 3.07. The molecule has 0 saturated heterocycles. The van der Waals surface area contributed by atoms with Crippen molar-refractivity contribution in [1.82, 2.24) is 0 Å². The van der Waals surface area contributed by atoms with Gasteiger partial charge in [-0.05, 0) is 12.1 Å². The Labute approximate surface area is 87.6 Å². The summed E-state index contributed by atoms with van der Waals surface area (Å²) in [5.41, 5.74) is 0.534. The van der Waals surface area contributed by atoms with Crippen molar-refractivity contribution < 1.29 is 14.3 Å². The van der Waals surface area contributed by atoms with Gasteiger partial charge in [0.1, 0.15) is 11.5 Å². The molecule has 0 unspecified atom stereocenters. The lowest BCUT2D eigenvalue weighted by Gasteiger charge is -2.09. The van der Waals surface area contributed by atoms with Gasteiger partial charge in [-0.2, -0.15) is 0 Å². The third-order valence-electron chi connectivity index (χ3n) is 1.65. The molecule has 0 fully saturated rings. The number of benzene rings is 1. The van der Waals surface area contributed by atoms with Gasteiger partial charge in [-0.1, -0.05) is 12.6 Å². The Morgan fingerprint density at radius 3 is 2.57 bits per heavy atom. The molecule has 0 radical (unpaired) electrons. The van der Waals surface area contributed by atoms with Crippen molar-refractivity contribution in [3.8, 4) is 11.5 Å². The van der Waals surface area contributed by atoms with Crippen molar-refractivity contribution in [2.75, 3.05) is 19.5 Å². The summed E-state index contributed by atoms with van der Waals surface area (Å²) in [4.78, 5) is 10.7. The minimum Gasteiger partial charge on any atom is -0.497 e. The van der Waals surface area contributed by atoms with Crippen LogP contribution in [0.3, 0.4) is 0 Å². The van der Waals surface area contributed by atoms with Gasteiger partial charge in [0.15, 0.2) is 0 Å². The first kappa shape index (κ1) is 10.7. The minimum absolute atomic E-state index is 0.448. The molecule has 1 aromatic rings. The van der Waals surface area contributed by atoms with Crippen LogP contribution in [-0.4, -0.2) is 19.5 Å². The maximum absolute atomic E-state index is 10.7. The van der Waals surface area contributed by atoms with Crippen LogP contribution < -0.4 is 14.8 Å². The van der Waals surface area contributed by atoms with Gasteiger partial charge in [-0.3, -0.25) is 4.79 Å². The first-order valence-corrected chi connectivity index (χ1v) is 4.34. The zero-order valence-corrected chi connectivity index (χ0v) is 8.80. The average molecular weight is 213 g/mol. The molecular weight excluding hydrogens is 202 g/mol. The third kappa shape index (κ3) is 2.56. The van der Waals surface area contributed by atoms with E-state index in [0.29, 0.717) is 17.2 Å². The van der Waals surface area contributed by atoms with Crippen LogP contribution in [0.1, 0.15) is 0 Å². The maximum Gasteiger partial charge on any atom is 0.280 e. The van der Waals surface area contributed by atoms with Crippen molar-refractivity contribution in [1.29, 1.82) is 0 Å². The molecule has 0 aliphatic carbocycles. The van der Waals surface area contributed by atoms with Gasteiger partial charge >= 0.3 is 0 Å². The molecule has 0 atom stereocenters. The Kier molecular flexibility index (Phi) is 3.64. The quantitative estimate of drug-likeness (QED) is 0.756. The van der Waals surface area contributed by atoms with Crippen molar-refractivity contribution in [3.05, 3.63) is 18.2 Å². The molecule has 1 amide bonds. The summed E-state index contributed by atoms with van der Waals surface area (Å²) >= 11 is 3.61. The van der Waals surface area contributed by atoms with Gasteiger partial charge in [0, 0.05) is 6.07 Å². The Balaban J connectivity index is 3.01. The molecule has 5 heteroatoms. The number of carbonyl (C=O) groups excluding carboxylic acids is 1. The molecule has 0 aromatic heterocycles. The Hall–Kier alpha value is -1.36. The Morgan fingerprint density at radius 1 is 1.36 bits per heavy atom. The van der Waals surface area contributed by atoms with E-state index >= 15 is 0 Å². The molecule has 1 rings (SSSR count). The number of hydrogen-bond acceptors (Lipinski definition) is 3. The monoisotopic (exact) mass is 213 g/mol. The van der Waals surface area contributed by atoms with E-state index in [0.717, 1.165) is 0 Å². The van der Waals surface area contributed by atoms with Crippen LogP contribution in [0, 0.1) is 0 Å². The Bertz CT molecular complexity index is 341. The van der Waals surface area contributed by atoms with Crippen LogP contribution in [0.25, 0.3) is 0 Å². The fourth-order valence-corrected chi connectivity index (χ4v) is 1.15. The summed E-state index contributed by atoms with van der Waals surface area (Å²) in [5, 5.41) is 2.07. The Morgan fingerprint density at radius 2 is 2.07 bits per heavy atom. The molecule has 0 aliphatic heterocycles. The second-order valence-corrected chi connectivity index (χ2v) is 2.90. The van der Waals surface area contributed by atoms with Crippen LogP contribution in [-0.2, 0) is 0 Å². The number of rotatable bonds is 3. The van der Waals surface area contributed by atoms with Crippen molar-refractivity contribution in [3.63, 3.8) is 0 Å². The molecule has 0 heterocycles. The van der Waals surface area contributed by atoms with E-state index in [-0.39, 0.29) is 0 Å². The maximum atomic E-state index is 10.7. The molecule has 14 heavy (non-hydrogen) atoms. The molecule has 0 saturated carbocycles. The largest absolute Gasteiger partial charge is 0.497 e. The molecule has 0 bridgehead atoms. The summed E-state index contributed by atoms with van der Waals surface area (Å²) in [6.45, 7) is 0. The number of nitrogens with one attached hydrogen (secondary N) is 1. The first-order chi connectivity index (χ1) is 6.67. The standard InChI is InChI=1S/C9H11NO3S/c1-12-6-3-4-8(13-2)7(5-6)10-9(11)14/h3-5H,1-2H3,(H2,10,11,14). The number of methoxy groups -OCH3 is 2. The molecule has 1 N–H and O–H groups in total. The molecule has 4 nitrogen and oxygen atoms in total. The fraction of sp³-hybridized carbons (Fsp3) is 0.222. The molecular formula is C9H11NO3S. The number of hydrogen-bond donors (Lipinski definition) is 2. The smallest absolute Gasteiger partial charge is 0.280 e. The zero-order valence-electron chi connectivity index (χ0n) is 7.90. The van der Waals surface area contributed by atoms with Gasteiger partial charge in [-0.25, -0.2) is 0 Å². The normalized spacial score (nSPS) is 9.36. The highest BCUT2D eigenvalue weighted by atomic mass is 32.1. The van der Waals surface area contributed by atoms with Gasteiger partial charge in [-0.15, -0.1) is 0 Å². The third-order valence-corrected chi connectivity index (χ3v) is 1.76. The molecule has 76 valence electrons. The number of ether oxygens (including phenoxy) is 2. The lowest BCUT2D eigenvalue weighted by Crippen LogP contribution is -2.03. The van der Waals surface area contributed by atoms with Crippen LogP contribution in [0.5, 0.6) is 11.5 Å². The number of carbonyl (C=O) groups is 1. The van der Waals surface area contributed by atoms with Crippen LogP contribution in [0.15, 0.2) is 18.2 Å². The summed E-state index contributed by atoms with van der Waals surface area (Å²) in [6.07, 6.45) is 0. The molecule has 0 aliphatic rings. The topological polar surface area (TPSA) is 47.6 Å². The van der Waals surface area contributed by atoms with E-state index in [1.54, 1.807) is 25.3 Å². The summed E-state index contributed by atoms with van der Waals surface area (Å²) < 4.78 is 10.0. The highest BCUT2D eigenvalue weighted by Crippen LogP contribution is 2.28. The van der Waals surface area contributed by atoms with Crippen LogP contribution >= 0.6 is 12.6 Å². The van der Waals surface area contributed by atoms with E-state index in [4.69, 9.17) is 9.47 Å². The highest BCUT2D eigenvalue weighted by Gasteiger charge is 2.05. The zero-order chi connectivity index (χ0) is 10.6. The highest BCUT2D eigenvalue weighted by molar-refractivity contribution is 7.96. The van der Waals surface area contributed by atoms with E-state index in [1.165, 1.54) is 7.11 Å². The number of thiol groups is 1. The number of amides is 1. The predicted molar refractivity (Wildman–Crippen MR) is 57.6 cm³/mol. The second kappa shape index (κ2) is 4.76. The number of anilines is 1. The van der Waals surface area contributed by atoms with Crippen molar-refractivity contribution >= 4 is 23.6 Å². The summed E-state index contributed by atoms with van der Waals surface area (Å²) in [6, 6.07) is 5.11. The predicted octanol–water partition coefficient (Wildman–Crippen LogP) is 2.17. The van der Waals surface area contributed by atoms with Gasteiger partial charge < -0.3 is 14.8 Å². The van der Waals surface area contributed by atoms with Gasteiger partial charge in [0.2, 0.25) is 0 Å². The van der Waals surface area contributed by atoms with Gasteiger partial charge in [0.25, 0.3) is 5.24 Å². The lowest BCUT2D eigenvalue weighted by atomic mass is 10.3. The minimum atomic E-state index is -0.448. The second-order valence-electron chi connectivity index (χ2n) is 2.50. The van der Waals surface area contributed by atoms with E-state index in [2.05, 4.69) is 17.9 Å². The first-order valence-electron chi connectivity index (χ1n) is 3.89.